The van der Waals surface area contributed by atoms with E-state index < -0.39 is 0 Å². The molecule has 1 aromatic rings. The Bertz CT molecular complexity index is 464. The molecule has 1 heterocycles. The molecule has 0 aromatic heterocycles. The fraction of sp³-hybridized carbons (Fsp3) is 0.667. The molecule has 1 saturated carbocycles. The van der Waals surface area contributed by atoms with Gasteiger partial charge in [0.15, 0.2) is 0 Å². The average Bonchev–Trinajstić information content (AvgIpc) is 3.09. The molecule has 0 radical (unpaired) electrons. The first-order valence-corrected chi connectivity index (χ1v) is 8.22. The molecule has 1 saturated heterocycles. The maximum Gasteiger partial charge on any atom is 0.120 e. The number of hydrogen-bond donors (Lipinski definition) is 1. The molecule has 1 N–H and O–H groups in total. The predicted octanol–water partition coefficient (Wildman–Crippen LogP) is 4.42. The molecule has 0 spiro atoms. The molecule has 0 amide bonds. The molecule has 2 aliphatic rings. The molecule has 2 heteroatoms. The Labute approximate surface area is 122 Å². The fourth-order valence-corrected chi connectivity index (χ4v) is 4.33. The minimum atomic E-state index is 0.337. The van der Waals surface area contributed by atoms with Gasteiger partial charge in [-0.15, -0.1) is 0 Å². The Morgan fingerprint density at radius 2 is 1.90 bits per heavy atom. The number of rotatable bonds is 3. The summed E-state index contributed by atoms with van der Waals surface area (Å²) in [6, 6.07) is 7.20. The lowest BCUT2D eigenvalue weighted by molar-refractivity contribution is 0.142. The summed E-state index contributed by atoms with van der Waals surface area (Å²) in [6.45, 7) is 5.48. The third-order valence-electron chi connectivity index (χ3n) is 5.42. The normalized spacial score (nSPS) is 26.2. The number of aromatic hydroxyl groups is 1. The maximum atomic E-state index is 10.2. The van der Waals surface area contributed by atoms with Crippen LogP contribution in [-0.4, -0.2) is 22.6 Å². The van der Waals surface area contributed by atoms with Crippen LogP contribution in [-0.2, 0) is 0 Å². The first-order valence-electron chi connectivity index (χ1n) is 8.22. The van der Waals surface area contributed by atoms with E-state index in [9.17, 15) is 5.11 Å². The first kappa shape index (κ1) is 13.9. The van der Waals surface area contributed by atoms with Crippen LogP contribution < -0.4 is 0 Å². The van der Waals surface area contributed by atoms with E-state index in [-0.39, 0.29) is 0 Å². The summed E-state index contributed by atoms with van der Waals surface area (Å²) in [5.41, 5.74) is 2.23. The lowest BCUT2D eigenvalue weighted by Crippen LogP contribution is -2.36. The average molecular weight is 273 g/mol. The van der Waals surface area contributed by atoms with E-state index >= 15 is 0 Å². The third kappa shape index (κ3) is 2.58. The van der Waals surface area contributed by atoms with Crippen LogP contribution >= 0.6 is 0 Å². The summed E-state index contributed by atoms with van der Waals surface area (Å²) >= 11 is 0. The quantitative estimate of drug-likeness (QED) is 0.881. The number of phenols is 1. The summed E-state index contributed by atoms with van der Waals surface area (Å²) < 4.78 is 0. The summed E-state index contributed by atoms with van der Waals surface area (Å²) in [4.78, 5) is 2.65. The molecule has 110 valence electrons. The summed E-state index contributed by atoms with van der Waals surface area (Å²) in [5, 5.41) is 10.2. The van der Waals surface area contributed by atoms with Gasteiger partial charge in [0, 0.05) is 17.6 Å². The fourth-order valence-electron chi connectivity index (χ4n) is 4.33. The van der Waals surface area contributed by atoms with Crippen LogP contribution in [0.25, 0.3) is 0 Å². The zero-order chi connectivity index (χ0) is 14.1. The number of hydrogen-bond acceptors (Lipinski definition) is 2. The van der Waals surface area contributed by atoms with Crippen LogP contribution in [0.1, 0.15) is 62.6 Å². The van der Waals surface area contributed by atoms with Crippen LogP contribution in [0.5, 0.6) is 5.75 Å². The number of likely N-dealkylation sites (tertiary alicyclic amines) is 1. The maximum absolute atomic E-state index is 10.2. The second-order valence-corrected chi connectivity index (χ2v) is 6.73. The van der Waals surface area contributed by atoms with E-state index in [1.807, 2.05) is 13.0 Å². The van der Waals surface area contributed by atoms with Gasteiger partial charge in [-0.2, -0.15) is 0 Å². The molecule has 1 aliphatic heterocycles. The van der Waals surface area contributed by atoms with Crippen molar-refractivity contribution < 1.29 is 5.11 Å². The Kier molecular flexibility index (Phi) is 4.02. The molecule has 2 nitrogen and oxygen atoms in total. The van der Waals surface area contributed by atoms with Crippen molar-refractivity contribution in [2.45, 2.75) is 64.5 Å². The lowest BCUT2D eigenvalue weighted by atomic mass is 9.94. The number of phenolic OH excluding ortho intramolecular Hbond substituents is 1. The highest BCUT2D eigenvalue weighted by molar-refractivity contribution is 5.38. The molecule has 3 rings (SSSR count). The van der Waals surface area contributed by atoms with Gasteiger partial charge in [-0.3, -0.25) is 4.90 Å². The van der Waals surface area contributed by atoms with Crippen molar-refractivity contribution in [1.82, 2.24) is 4.90 Å². The number of nitrogens with zero attached hydrogens (tertiary/aromatic N) is 1. The van der Waals surface area contributed by atoms with Gasteiger partial charge in [0.1, 0.15) is 5.75 Å². The lowest BCUT2D eigenvalue weighted by Gasteiger charge is -2.34. The van der Waals surface area contributed by atoms with E-state index in [4.69, 9.17) is 0 Å². The van der Waals surface area contributed by atoms with E-state index in [0.717, 1.165) is 23.1 Å². The highest BCUT2D eigenvalue weighted by Crippen LogP contribution is 2.40. The van der Waals surface area contributed by atoms with Gasteiger partial charge in [-0.25, -0.2) is 0 Å². The summed E-state index contributed by atoms with van der Waals surface area (Å²) in [6.07, 6.45) is 8.32. The van der Waals surface area contributed by atoms with E-state index in [0.29, 0.717) is 11.8 Å². The number of benzene rings is 1. The van der Waals surface area contributed by atoms with Crippen molar-refractivity contribution in [3.05, 3.63) is 29.3 Å². The molecular weight excluding hydrogens is 246 g/mol. The zero-order valence-electron chi connectivity index (χ0n) is 12.8. The van der Waals surface area contributed by atoms with Crippen molar-refractivity contribution >= 4 is 0 Å². The second-order valence-electron chi connectivity index (χ2n) is 6.73. The van der Waals surface area contributed by atoms with E-state index in [1.165, 1.54) is 45.1 Å². The minimum absolute atomic E-state index is 0.337. The van der Waals surface area contributed by atoms with Gasteiger partial charge in [-0.1, -0.05) is 25.0 Å². The van der Waals surface area contributed by atoms with Crippen LogP contribution in [0, 0.1) is 12.8 Å². The van der Waals surface area contributed by atoms with Crippen LogP contribution in [0.15, 0.2) is 18.2 Å². The van der Waals surface area contributed by atoms with Crippen LogP contribution in [0.3, 0.4) is 0 Å². The van der Waals surface area contributed by atoms with E-state index in [1.54, 1.807) is 0 Å². The van der Waals surface area contributed by atoms with E-state index in [2.05, 4.69) is 24.0 Å². The third-order valence-corrected chi connectivity index (χ3v) is 5.42. The Hall–Kier alpha value is -1.02. The van der Waals surface area contributed by atoms with Gasteiger partial charge in [0.2, 0.25) is 0 Å². The molecule has 0 bridgehead atoms. The van der Waals surface area contributed by atoms with Crippen molar-refractivity contribution in [1.29, 1.82) is 0 Å². The minimum Gasteiger partial charge on any atom is -0.508 e. The van der Waals surface area contributed by atoms with Crippen molar-refractivity contribution in [2.24, 2.45) is 5.92 Å². The Morgan fingerprint density at radius 3 is 2.60 bits per heavy atom. The molecular formula is C18H27NO. The molecule has 2 unspecified atom stereocenters. The monoisotopic (exact) mass is 273 g/mol. The number of aryl methyl sites for hydroxylation is 1. The smallest absolute Gasteiger partial charge is 0.120 e. The molecule has 1 aliphatic carbocycles. The van der Waals surface area contributed by atoms with Gasteiger partial charge in [-0.05, 0) is 63.6 Å². The Morgan fingerprint density at radius 1 is 1.15 bits per heavy atom. The topological polar surface area (TPSA) is 23.5 Å². The molecule has 2 fully saturated rings. The van der Waals surface area contributed by atoms with Crippen molar-refractivity contribution in [3.63, 3.8) is 0 Å². The first-order chi connectivity index (χ1) is 9.66. The molecule has 20 heavy (non-hydrogen) atoms. The molecule has 1 aromatic carbocycles. The standard InChI is InChI=1S/C18H27NO/c1-13-9-10-16(18(20)12-13)14(2)19-11-5-8-17(19)15-6-3-4-7-15/h9-10,12,14-15,17,20H,3-8,11H2,1-2H3. The SMILES string of the molecule is Cc1ccc(C(C)N2CCCC2C2CCCC2)c(O)c1. The highest BCUT2D eigenvalue weighted by Gasteiger charge is 2.36. The van der Waals surface area contributed by atoms with Crippen molar-refractivity contribution in [2.75, 3.05) is 6.54 Å². The zero-order valence-corrected chi connectivity index (χ0v) is 12.8. The van der Waals surface area contributed by atoms with Gasteiger partial charge in [0.05, 0.1) is 0 Å². The van der Waals surface area contributed by atoms with Gasteiger partial charge >= 0.3 is 0 Å². The van der Waals surface area contributed by atoms with Crippen LogP contribution in [0.2, 0.25) is 0 Å². The Balaban J connectivity index is 1.79. The molecule has 2 atom stereocenters. The predicted molar refractivity (Wildman–Crippen MR) is 82.9 cm³/mol. The summed E-state index contributed by atoms with van der Waals surface area (Å²) in [5.74, 6) is 1.36. The summed E-state index contributed by atoms with van der Waals surface area (Å²) in [7, 11) is 0. The van der Waals surface area contributed by atoms with Crippen molar-refractivity contribution in [3.8, 4) is 5.75 Å². The van der Waals surface area contributed by atoms with Gasteiger partial charge < -0.3 is 5.11 Å². The highest BCUT2D eigenvalue weighted by atomic mass is 16.3. The largest absolute Gasteiger partial charge is 0.508 e. The van der Waals surface area contributed by atoms with Crippen LogP contribution in [0.4, 0.5) is 0 Å². The van der Waals surface area contributed by atoms with Gasteiger partial charge in [0.25, 0.3) is 0 Å². The second kappa shape index (κ2) is 5.77.